The Balaban J connectivity index is 1.50. The van der Waals surface area contributed by atoms with Crippen molar-refractivity contribution in [1.82, 2.24) is 19.3 Å². The van der Waals surface area contributed by atoms with Gasteiger partial charge < -0.3 is 4.57 Å². The maximum atomic E-state index is 8.90. The predicted molar refractivity (Wildman–Crippen MR) is 98.9 cm³/mol. The Kier molecular flexibility index (Phi) is 4.31. The van der Waals surface area contributed by atoms with Crippen LogP contribution in [0.15, 0.2) is 79.4 Å². The van der Waals surface area contributed by atoms with Gasteiger partial charge in [0.2, 0.25) is 0 Å². The zero-order chi connectivity index (χ0) is 17.8. The van der Waals surface area contributed by atoms with Crippen LogP contribution in [0.1, 0.15) is 22.5 Å². The number of nitrogens with zero attached hydrogens (tertiary/aromatic N) is 5. The highest BCUT2D eigenvalue weighted by Gasteiger charge is 2.08. The summed E-state index contributed by atoms with van der Waals surface area (Å²) in [7, 11) is 0. The summed E-state index contributed by atoms with van der Waals surface area (Å²) in [6.07, 6.45) is 8.44. The van der Waals surface area contributed by atoms with E-state index in [2.05, 4.69) is 20.7 Å². The third kappa shape index (κ3) is 3.40. The molecule has 0 fully saturated rings. The molecule has 0 spiro atoms. The van der Waals surface area contributed by atoms with Crippen molar-refractivity contribution >= 4 is 0 Å². The fraction of sp³-hybridized carbons (Fsp3) is 0.0952. The molecule has 0 atom stereocenters. The fourth-order valence-electron chi connectivity index (χ4n) is 2.89. The summed E-state index contributed by atoms with van der Waals surface area (Å²) in [6.45, 7) is 0.730. The van der Waals surface area contributed by atoms with Gasteiger partial charge in [-0.3, -0.25) is 0 Å². The smallest absolute Gasteiger partial charge is 0.113 e. The standard InChI is InChI=1S/C21H17N5/c22-13-17-6-8-18(9-7-17)15-25-11-10-23-21(25)12-19-14-24-26(16-19)20-4-2-1-3-5-20/h1-11,14,16H,12,15H2. The molecule has 0 bridgehead atoms. The van der Waals surface area contributed by atoms with Gasteiger partial charge in [0.05, 0.1) is 23.5 Å². The molecule has 0 amide bonds. The minimum atomic E-state index is 0.674. The lowest BCUT2D eigenvalue weighted by atomic mass is 10.1. The molecule has 0 radical (unpaired) electrons. The molecule has 2 aromatic carbocycles. The molecule has 0 aliphatic rings. The quantitative estimate of drug-likeness (QED) is 0.558. The topological polar surface area (TPSA) is 59.4 Å². The number of imidazole rings is 1. The van der Waals surface area contributed by atoms with Crippen LogP contribution in [0.25, 0.3) is 5.69 Å². The van der Waals surface area contributed by atoms with E-state index in [1.165, 1.54) is 0 Å². The van der Waals surface area contributed by atoms with E-state index in [4.69, 9.17) is 5.26 Å². The van der Waals surface area contributed by atoms with E-state index in [0.29, 0.717) is 5.56 Å². The van der Waals surface area contributed by atoms with Gasteiger partial charge in [0.15, 0.2) is 0 Å². The van der Waals surface area contributed by atoms with Gasteiger partial charge in [0.1, 0.15) is 5.82 Å². The van der Waals surface area contributed by atoms with E-state index in [0.717, 1.165) is 35.6 Å². The third-order valence-corrected chi connectivity index (χ3v) is 4.26. The highest BCUT2D eigenvalue weighted by molar-refractivity contribution is 5.33. The van der Waals surface area contributed by atoms with Gasteiger partial charge in [0, 0.05) is 31.6 Å². The number of benzene rings is 2. The van der Waals surface area contributed by atoms with Gasteiger partial charge in [-0.05, 0) is 35.4 Å². The molecule has 2 heterocycles. The zero-order valence-electron chi connectivity index (χ0n) is 14.2. The van der Waals surface area contributed by atoms with Crippen LogP contribution in [0, 0.1) is 11.3 Å². The van der Waals surface area contributed by atoms with Crippen LogP contribution in [-0.4, -0.2) is 19.3 Å². The van der Waals surface area contributed by atoms with Gasteiger partial charge >= 0.3 is 0 Å². The van der Waals surface area contributed by atoms with E-state index < -0.39 is 0 Å². The molecular weight excluding hydrogens is 322 g/mol. The lowest BCUT2D eigenvalue weighted by molar-refractivity contribution is 0.740. The molecule has 0 aliphatic carbocycles. The Morgan fingerprint density at radius 1 is 0.962 bits per heavy atom. The lowest BCUT2D eigenvalue weighted by Gasteiger charge is -2.07. The van der Waals surface area contributed by atoms with E-state index >= 15 is 0 Å². The van der Waals surface area contributed by atoms with Gasteiger partial charge in [0.25, 0.3) is 0 Å². The van der Waals surface area contributed by atoms with E-state index in [-0.39, 0.29) is 0 Å². The first-order valence-corrected chi connectivity index (χ1v) is 8.40. The Bertz CT molecular complexity index is 1040. The number of hydrogen-bond donors (Lipinski definition) is 0. The second-order valence-corrected chi connectivity index (χ2v) is 6.09. The van der Waals surface area contributed by atoms with Crippen molar-refractivity contribution in [3.8, 4) is 11.8 Å². The Morgan fingerprint density at radius 2 is 1.77 bits per heavy atom. The second kappa shape index (κ2) is 7.08. The summed E-state index contributed by atoms with van der Waals surface area (Å²) in [4.78, 5) is 4.50. The van der Waals surface area contributed by atoms with Crippen LogP contribution < -0.4 is 0 Å². The summed E-state index contributed by atoms with van der Waals surface area (Å²) in [5.74, 6) is 0.988. The number of para-hydroxylation sites is 1. The molecule has 0 unspecified atom stereocenters. The van der Waals surface area contributed by atoms with Crippen molar-refractivity contribution in [3.05, 3.63) is 102 Å². The molecule has 4 rings (SSSR count). The van der Waals surface area contributed by atoms with Crippen LogP contribution in [0.2, 0.25) is 0 Å². The fourth-order valence-corrected chi connectivity index (χ4v) is 2.89. The molecule has 0 aliphatic heterocycles. The minimum Gasteiger partial charge on any atom is -0.330 e. The largest absolute Gasteiger partial charge is 0.330 e. The molecular formula is C21H17N5. The van der Waals surface area contributed by atoms with Crippen molar-refractivity contribution in [3.63, 3.8) is 0 Å². The Hall–Kier alpha value is -3.65. The minimum absolute atomic E-state index is 0.674. The van der Waals surface area contributed by atoms with Gasteiger partial charge in [-0.25, -0.2) is 9.67 Å². The van der Waals surface area contributed by atoms with Crippen LogP contribution in [-0.2, 0) is 13.0 Å². The summed E-state index contributed by atoms with van der Waals surface area (Å²) >= 11 is 0. The maximum absolute atomic E-state index is 8.90. The summed E-state index contributed by atoms with van der Waals surface area (Å²) in [5, 5.41) is 13.4. The molecule has 2 aromatic heterocycles. The van der Waals surface area contributed by atoms with Crippen LogP contribution >= 0.6 is 0 Å². The zero-order valence-corrected chi connectivity index (χ0v) is 14.2. The molecule has 26 heavy (non-hydrogen) atoms. The first kappa shape index (κ1) is 15.9. The van der Waals surface area contributed by atoms with Crippen LogP contribution in [0.5, 0.6) is 0 Å². The predicted octanol–water partition coefficient (Wildman–Crippen LogP) is 3.58. The Morgan fingerprint density at radius 3 is 2.54 bits per heavy atom. The maximum Gasteiger partial charge on any atom is 0.113 e. The first-order chi connectivity index (χ1) is 12.8. The van der Waals surface area contributed by atoms with Crippen molar-refractivity contribution in [2.75, 3.05) is 0 Å². The molecule has 0 saturated heterocycles. The summed E-state index contributed by atoms with van der Waals surface area (Å²) in [6, 6.07) is 19.9. The molecule has 5 heteroatoms. The van der Waals surface area contributed by atoms with Gasteiger partial charge in [-0.1, -0.05) is 30.3 Å². The highest BCUT2D eigenvalue weighted by Crippen LogP contribution is 2.13. The number of nitriles is 1. The molecule has 5 nitrogen and oxygen atoms in total. The third-order valence-electron chi connectivity index (χ3n) is 4.26. The summed E-state index contributed by atoms with van der Waals surface area (Å²) in [5.41, 5.74) is 3.97. The van der Waals surface area contributed by atoms with Crippen molar-refractivity contribution in [2.24, 2.45) is 0 Å². The normalized spacial score (nSPS) is 10.6. The van der Waals surface area contributed by atoms with E-state index in [1.807, 2.05) is 84.1 Å². The van der Waals surface area contributed by atoms with E-state index in [9.17, 15) is 0 Å². The van der Waals surface area contributed by atoms with Crippen molar-refractivity contribution < 1.29 is 0 Å². The van der Waals surface area contributed by atoms with Crippen LogP contribution in [0.4, 0.5) is 0 Å². The first-order valence-electron chi connectivity index (χ1n) is 8.40. The molecule has 126 valence electrons. The number of rotatable bonds is 5. The average Bonchev–Trinajstić information content (AvgIpc) is 3.33. The molecule has 0 N–H and O–H groups in total. The van der Waals surface area contributed by atoms with Crippen molar-refractivity contribution in [2.45, 2.75) is 13.0 Å². The average molecular weight is 339 g/mol. The van der Waals surface area contributed by atoms with Crippen LogP contribution in [0.3, 0.4) is 0 Å². The lowest BCUT2D eigenvalue weighted by Crippen LogP contribution is -2.05. The Labute approximate surface area is 151 Å². The molecule has 0 saturated carbocycles. The van der Waals surface area contributed by atoms with Gasteiger partial charge in [-0.15, -0.1) is 0 Å². The van der Waals surface area contributed by atoms with Crippen molar-refractivity contribution in [1.29, 1.82) is 5.26 Å². The second-order valence-electron chi connectivity index (χ2n) is 6.09. The SMILES string of the molecule is N#Cc1ccc(Cn2ccnc2Cc2cnn(-c3ccccc3)c2)cc1. The highest BCUT2D eigenvalue weighted by atomic mass is 15.3. The monoisotopic (exact) mass is 339 g/mol. The van der Waals surface area contributed by atoms with E-state index in [1.54, 1.807) is 0 Å². The number of aromatic nitrogens is 4. The molecule has 4 aromatic rings. The van der Waals surface area contributed by atoms with Gasteiger partial charge in [-0.2, -0.15) is 10.4 Å². The summed E-state index contributed by atoms with van der Waals surface area (Å²) < 4.78 is 4.00. The number of hydrogen-bond acceptors (Lipinski definition) is 3.